The Labute approximate surface area is 169 Å². The van der Waals surface area contributed by atoms with Gasteiger partial charge in [-0.05, 0) is 54.8 Å². The number of carbonyl (C=O) groups excluding carboxylic acids is 1. The highest BCUT2D eigenvalue weighted by molar-refractivity contribution is 7.22. The van der Waals surface area contributed by atoms with Crippen LogP contribution >= 0.6 is 11.3 Å². The number of aldehydes is 1. The highest BCUT2D eigenvalue weighted by Crippen LogP contribution is 2.30. The van der Waals surface area contributed by atoms with E-state index in [1.807, 2.05) is 12.1 Å². The first-order valence-electron chi connectivity index (χ1n) is 9.62. The molecule has 2 heterocycles. The van der Waals surface area contributed by atoms with Gasteiger partial charge < -0.3 is 9.64 Å². The van der Waals surface area contributed by atoms with Crippen LogP contribution in [0, 0.1) is 13.8 Å². The van der Waals surface area contributed by atoms with Gasteiger partial charge >= 0.3 is 0 Å². The molecule has 0 N–H and O–H groups in total. The molecule has 0 spiro atoms. The molecule has 0 unspecified atom stereocenters. The molecule has 1 fully saturated rings. The zero-order valence-electron chi connectivity index (χ0n) is 16.4. The SMILES string of the molecule is Cc1cc(CN2CCN(c3nc4ccc(C)cc4s3)CC2)cc(OCC=O)c1. The average molecular weight is 396 g/mol. The van der Waals surface area contributed by atoms with Crippen molar-refractivity contribution in [2.45, 2.75) is 20.4 Å². The van der Waals surface area contributed by atoms with Gasteiger partial charge in [0.2, 0.25) is 0 Å². The number of anilines is 1. The minimum Gasteiger partial charge on any atom is -0.486 e. The topological polar surface area (TPSA) is 45.7 Å². The third kappa shape index (κ3) is 4.34. The van der Waals surface area contributed by atoms with E-state index in [1.165, 1.54) is 15.8 Å². The number of piperazine rings is 1. The lowest BCUT2D eigenvalue weighted by Crippen LogP contribution is -2.45. The molecule has 6 heteroatoms. The Hall–Kier alpha value is -2.44. The molecule has 28 heavy (non-hydrogen) atoms. The smallest absolute Gasteiger partial charge is 0.186 e. The van der Waals surface area contributed by atoms with Gasteiger partial charge in [-0.2, -0.15) is 0 Å². The lowest BCUT2D eigenvalue weighted by molar-refractivity contribution is -0.109. The lowest BCUT2D eigenvalue weighted by Gasteiger charge is -2.34. The standard InChI is InChI=1S/C22H25N3O2S/c1-16-3-4-20-21(13-16)28-22(23-20)25-7-5-24(6-8-25)15-18-11-17(2)12-19(14-18)27-10-9-26/h3-4,9,11-14H,5-8,10,15H2,1-2H3. The van der Waals surface area contributed by atoms with Crippen molar-refractivity contribution in [3.63, 3.8) is 0 Å². The molecule has 146 valence electrons. The van der Waals surface area contributed by atoms with Gasteiger partial charge in [-0.1, -0.05) is 23.5 Å². The number of hydrogen-bond donors (Lipinski definition) is 0. The fourth-order valence-electron chi connectivity index (χ4n) is 3.64. The summed E-state index contributed by atoms with van der Waals surface area (Å²) in [6.07, 6.45) is 0.782. The summed E-state index contributed by atoms with van der Waals surface area (Å²) in [4.78, 5) is 20.2. The summed E-state index contributed by atoms with van der Waals surface area (Å²) in [5.74, 6) is 0.769. The van der Waals surface area contributed by atoms with Crippen molar-refractivity contribution in [2.75, 3.05) is 37.7 Å². The fourth-order valence-corrected chi connectivity index (χ4v) is 4.76. The van der Waals surface area contributed by atoms with E-state index in [-0.39, 0.29) is 6.61 Å². The molecule has 4 rings (SSSR count). The third-order valence-electron chi connectivity index (χ3n) is 5.01. The predicted octanol–water partition coefficient (Wildman–Crippen LogP) is 3.81. The number of nitrogens with zero attached hydrogens (tertiary/aromatic N) is 3. The number of benzene rings is 2. The maximum atomic E-state index is 10.5. The summed E-state index contributed by atoms with van der Waals surface area (Å²) < 4.78 is 6.74. The monoisotopic (exact) mass is 395 g/mol. The maximum absolute atomic E-state index is 10.5. The quantitative estimate of drug-likeness (QED) is 0.594. The number of carbonyl (C=O) groups is 1. The lowest BCUT2D eigenvalue weighted by atomic mass is 10.1. The van der Waals surface area contributed by atoms with Gasteiger partial charge in [-0.3, -0.25) is 9.69 Å². The van der Waals surface area contributed by atoms with Crippen molar-refractivity contribution in [3.05, 3.63) is 53.1 Å². The minimum atomic E-state index is 0.100. The number of fused-ring (bicyclic) bond motifs is 1. The molecule has 1 saturated heterocycles. The van der Waals surface area contributed by atoms with Gasteiger partial charge in [0, 0.05) is 32.7 Å². The Kier molecular flexibility index (Phi) is 5.59. The number of ether oxygens (including phenoxy) is 1. The van der Waals surface area contributed by atoms with Crippen LogP contribution in [0.15, 0.2) is 36.4 Å². The predicted molar refractivity (Wildman–Crippen MR) is 115 cm³/mol. The van der Waals surface area contributed by atoms with Crippen LogP contribution in [0.4, 0.5) is 5.13 Å². The first kappa shape index (κ1) is 18.9. The number of rotatable bonds is 6. The van der Waals surface area contributed by atoms with E-state index < -0.39 is 0 Å². The van der Waals surface area contributed by atoms with Crippen molar-refractivity contribution >= 4 is 33.0 Å². The summed E-state index contributed by atoms with van der Waals surface area (Å²) >= 11 is 1.79. The molecule has 1 aliphatic heterocycles. The molecule has 3 aromatic rings. The molecule has 2 aromatic carbocycles. The Balaban J connectivity index is 1.38. The van der Waals surface area contributed by atoms with Crippen LogP contribution < -0.4 is 9.64 Å². The van der Waals surface area contributed by atoms with Gasteiger partial charge in [-0.15, -0.1) is 0 Å². The molecule has 0 radical (unpaired) electrons. The van der Waals surface area contributed by atoms with E-state index in [9.17, 15) is 4.79 Å². The van der Waals surface area contributed by atoms with E-state index in [2.05, 4.69) is 47.9 Å². The number of hydrogen-bond acceptors (Lipinski definition) is 6. The van der Waals surface area contributed by atoms with Crippen LogP contribution in [0.3, 0.4) is 0 Å². The Bertz CT molecular complexity index is 977. The second kappa shape index (κ2) is 8.29. The Morgan fingerprint density at radius 3 is 2.68 bits per heavy atom. The molecule has 1 aromatic heterocycles. The first-order valence-corrected chi connectivity index (χ1v) is 10.4. The van der Waals surface area contributed by atoms with E-state index in [4.69, 9.17) is 9.72 Å². The zero-order valence-corrected chi connectivity index (χ0v) is 17.2. The molecular weight excluding hydrogens is 370 g/mol. The van der Waals surface area contributed by atoms with Crippen LogP contribution in [0.2, 0.25) is 0 Å². The highest BCUT2D eigenvalue weighted by Gasteiger charge is 2.20. The van der Waals surface area contributed by atoms with Crippen LogP contribution in [-0.2, 0) is 11.3 Å². The van der Waals surface area contributed by atoms with Gasteiger partial charge in [0.15, 0.2) is 11.4 Å². The van der Waals surface area contributed by atoms with Crippen molar-refractivity contribution in [2.24, 2.45) is 0 Å². The van der Waals surface area contributed by atoms with Crippen LogP contribution in [-0.4, -0.2) is 49.0 Å². The van der Waals surface area contributed by atoms with Gasteiger partial charge in [0.25, 0.3) is 0 Å². The summed E-state index contributed by atoms with van der Waals surface area (Å²) in [5, 5.41) is 1.13. The summed E-state index contributed by atoms with van der Waals surface area (Å²) in [5.41, 5.74) is 4.75. The molecule has 5 nitrogen and oxygen atoms in total. The molecule has 0 saturated carbocycles. The van der Waals surface area contributed by atoms with Crippen molar-refractivity contribution in [3.8, 4) is 5.75 Å². The fraction of sp³-hybridized carbons (Fsp3) is 0.364. The third-order valence-corrected chi connectivity index (χ3v) is 6.09. The second-order valence-corrected chi connectivity index (χ2v) is 8.37. The summed E-state index contributed by atoms with van der Waals surface area (Å²) in [6, 6.07) is 12.7. The highest BCUT2D eigenvalue weighted by atomic mass is 32.1. The molecule has 0 amide bonds. The van der Waals surface area contributed by atoms with Crippen LogP contribution in [0.1, 0.15) is 16.7 Å². The molecule has 0 aliphatic carbocycles. The Morgan fingerprint density at radius 2 is 1.89 bits per heavy atom. The Morgan fingerprint density at radius 1 is 1.07 bits per heavy atom. The normalized spacial score (nSPS) is 15.1. The first-order chi connectivity index (χ1) is 13.6. The van der Waals surface area contributed by atoms with E-state index >= 15 is 0 Å². The van der Waals surface area contributed by atoms with Crippen LogP contribution in [0.5, 0.6) is 5.75 Å². The van der Waals surface area contributed by atoms with E-state index in [1.54, 1.807) is 11.3 Å². The summed E-state index contributed by atoms with van der Waals surface area (Å²) in [6.45, 7) is 9.16. The van der Waals surface area contributed by atoms with Crippen molar-refractivity contribution in [1.29, 1.82) is 0 Å². The van der Waals surface area contributed by atoms with Crippen LogP contribution in [0.25, 0.3) is 10.2 Å². The molecule has 0 bridgehead atoms. The average Bonchev–Trinajstić information content (AvgIpc) is 3.09. The van der Waals surface area contributed by atoms with Gasteiger partial charge in [-0.25, -0.2) is 4.98 Å². The molecular formula is C22H25N3O2S. The van der Waals surface area contributed by atoms with E-state index in [0.717, 1.165) is 61.0 Å². The zero-order chi connectivity index (χ0) is 19.5. The maximum Gasteiger partial charge on any atom is 0.186 e. The van der Waals surface area contributed by atoms with E-state index in [0.29, 0.717) is 0 Å². The minimum absolute atomic E-state index is 0.100. The molecule has 1 aliphatic rings. The number of thiazole rings is 1. The van der Waals surface area contributed by atoms with Crippen molar-refractivity contribution < 1.29 is 9.53 Å². The second-order valence-electron chi connectivity index (χ2n) is 7.36. The number of aryl methyl sites for hydroxylation is 2. The largest absolute Gasteiger partial charge is 0.486 e. The van der Waals surface area contributed by atoms with Crippen molar-refractivity contribution in [1.82, 2.24) is 9.88 Å². The van der Waals surface area contributed by atoms with Gasteiger partial charge in [0.05, 0.1) is 10.2 Å². The number of aromatic nitrogens is 1. The molecule has 0 atom stereocenters. The summed E-state index contributed by atoms with van der Waals surface area (Å²) in [7, 11) is 0. The van der Waals surface area contributed by atoms with Gasteiger partial charge in [0.1, 0.15) is 12.4 Å².